The van der Waals surface area contributed by atoms with Crippen LogP contribution in [-0.2, 0) is 4.79 Å². The number of nitrogens with zero attached hydrogens (tertiary/aromatic N) is 5. The normalized spacial score (nSPS) is 15.1. The first-order valence-corrected chi connectivity index (χ1v) is 11.3. The van der Waals surface area contributed by atoms with Gasteiger partial charge in [0, 0.05) is 37.3 Å². The van der Waals surface area contributed by atoms with Gasteiger partial charge in [-0.05, 0) is 36.6 Å². The third-order valence-electron chi connectivity index (χ3n) is 6.39. The second-order valence-corrected chi connectivity index (χ2v) is 8.82. The predicted molar refractivity (Wildman–Crippen MR) is 129 cm³/mol. The van der Waals surface area contributed by atoms with Crippen LogP contribution in [0, 0.1) is 11.3 Å². The topological polar surface area (TPSA) is 90.6 Å². The second-order valence-electron chi connectivity index (χ2n) is 8.82. The van der Waals surface area contributed by atoms with Crippen LogP contribution >= 0.6 is 0 Å². The number of hydrogen-bond donors (Lipinski definition) is 1. The zero-order valence-corrected chi connectivity index (χ0v) is 18.9. The fourth-order valence-electron chi connectivity index (χ4n) is 4.81. The highest BCUT2D eigenvalue weighted by Crippen LogP contribution is 2.38. The van der Waals surface area contributed by atoms with Crippen LogP contribution in [0.15, 0.2) is 48.3 Å². The van der Waals surface area contributed by atoms with E-state index in [0.717, 1.165) is 51.9 Å². The molecule has 3 heterocycles. The number of nitrogens with one attached hydrogen (secondary N) is 1. The summed E-state index contributed by atoms with van der Waals surface area (Å²) < 4.78 is 2.39. The fourth-order valence-corrected chi connectivity index (χ4v) is 4.81. The van der Waals surface area contributed by atoms with Crippen LogP contribution < -0.4 is 0 Å². The Bertz CT molecular complexity index is 1410. The highest BCUT2D eigenvalue weighted by Gasteiger charge is 2.24. The zero-order chi connectivity index (χ0) is 22.9. The van der Waals surface area contributed by atoms with Crippen molar-refractivity contribution in [2.45, 2.75) is 38.1 Å². The van der Waals surface area contributed by atoms with Gasteiger partial charge in [-0.3, -0.25) is 4.79 Å². The second kappa shape index (κ2) is 8.55. The molecule has 33 heavy (non-hydrogen) atoms. The van der Waals surface area contributed by atoms with Gasteiger partial charge in [0.25, 0.3) is 5.91 Å². The summed E-state index contributed by atoms with van der Waals surface area (Å²) in [4.78, 5) is 26.5. The predicted octanol–water partition coefficient (Wildman–Crippen LogP) is 5.08. The van der Waals surface area contributed by atoms with Gasteiger partial charge in [-0.2, -0.15) is 5.26 Å². The number of imidazole rings is 1. The number of aromatic amines is 1. The molecule has 0 unspecified atom stereocenters. The van der Waals surface area contributed by atoms with Gasteiger partial charge in [-0.1, -0.05) is 37.5 Å². The van der Waals surface area contributed by atoms with Gasteiger partial charge in [0.1, 0.15) is 28.6 Å². The van der Waals surface area contributed by atoms with Crippen LogP contribution in [0.5, 0.6) is 0 Å². The third kappa shape index (κ3) is 3.78. The SMILES string of the molecule is CN(C)C(=O)C(C#N)=Cc1cccc(-c2nc3cnc4[nH]ccc4c3n2C2CCCCC2)c1. The summed E-state index contributed by atoms with van der Waals surface area (Å²) in [7, 11) is 3.29. The molecule has 0 radical (unpaired) electrons. The molecule has 0 atom stereocenters. The lowest BCUT2D eigenvalue weighted by atomic mass is 9.94. The minimum absolute atomic E-state index is 0.108. The van der Waals surface area contributed by atoms with E-state index in [-0.39, 0.29) is 11.5 Å². The Hall–Kier alpha value is -3.92. The van der Waals surface area contributed by atoms with E-state index in [0.29, 0.717) is 6.04 Å². The molecule has 4 aromatic rings. The molecule has 166 valence electrons. The van der Waals surface area contributed by atoms with Crippen molar-refractivity contribution < 1.29 is 4.79 Å². The van der Waals surface area contributed by atoms with E-state index in [4.69, 9.17) is 4.98 Å². The van der Waals surface area contributed by atoms with Gasteiger partial charge in [-0.15, -0.1) is 0 Å². The summed E-state index contributed by atoms with van der Waals surface area (Å²) in [6.45, 7) is 0. The number of amides is 1. The average molecular weight is 439 g/mol. The number of fused-ring (bicyclic) bond motifs is 3. The Labute approximate surface area is 192 Å². The molecule has 3 aromatic heterocycles. The molecule has 7 heteroatoms. The molecule has 0 saturated heterocycles. The Morgan fingerprint density at radius 1 is 1.24 bits per heavy atom. The van der Waals surface area contributed by atoms with Crippen LogP contribution in [0.4, 0.5) is 0 Å². The number of benzene rings is 1. The molecule has 1 aliphatic carbocycles. The summed E-state index contributed by atoms with van der Waals surface area (Å²) >= 11 is 0. The lowest BCUT2D eigenvalue weighted by molar-refractivity contribution is -0.124. The first-order chi connectivity index (χ1) is 16.1. The van der Waals surface area contributed by atoms with Crippen molar-refractivity contribution in [2.75, 3.05) is 14.1 Å². The number of carbonyl (C=O) groups excluding carboxylic acids is 1. The zero-order valence-electron chi connectivity index (χ0n) is 18.9. The molecule has 1 N–H and O–H groups in total. The smallest absolute Gasteiger partial charge is 0.264 e. The summed E-state index contributed by atoms with van der Waals surface area (Å²) in [6.07, 6.45) is 11.4. The van der Waals surface area contributed by atoms with Gasteiger partial charge >= 0.3 is 0 Å². The lowest BCUT2D eigenvalue weighted by Crippen LogP contribution is -2.22. The van der Waals surface area contributed by atoms with Crippen molar-refractivity contribution in [1.82, 2.24) is 24.4 Å². The number of hydrogen-bond acceptors (Lipinski definition) is 4. The van der Waals surface area contributed by atoms with Crippen molar-refractivity contribution in [3.8, 4) is 17.5 Å². The molecule has 1 aliphatic rings. The summed E-state index contributed by atoms with van der Waals surface area (Å²) in [6, 6.07) is 12.4. The third-order valence-corrected chi connectivity index (χ3v) is 6.39. The number of H-pyrrole nitrogens is 1. The van der Waals surface area contributed by atoms with Gasteiger partial charge in [0.15, 0.2) is 0 Å². The quantitative estimate of drug-likeness (QED) is 0.355. The molecule has 1 saturated carbocycles. The molecule has 5 rings (SSSR count). The highest BCUT2D eigenvalue weighted by atomic mass is 16.2. The van der Waals surface area contributed by atoms with E-state index < -0.39 is 0 Å². The van der Waals surface area contributed by atoms with E-state index in [1.165, 1.54) is 24.2 Å². The lowest BCUT2D eigenvalue weighted by Gasteiger charge is -2.26. The van der Waals surface area contributed by atoms with Crippen molar-refractivity contribution in [2.24, 2.45) is 0 Å². The average Bonchev–Trinajstić information content (AvgIpc) is 3.47. The van der Waals surface area contributed by atoms with Crippen molar-refractivity contribution in [3.63, 3.8) is 0 Å². The van der Waals surface area contributed by atoms with Crippen LogP contribution in [0.1, 0.15) is 43.7 Å². The standard InChI is InChI=1S/C26H26N6O/c1-31(2)26(33)19(15-27)14-17-7-6-8-18(13-17)25-30-22-16-29-24-21(11-12-28-24)23(22)32(25)20-9-4-3-5-10-20/h6-8,11-14,16,20H,3-5,9-10H2,1-2H3,(H,28,29). The van der Waals surface area contributed by atoms with Crippen LogP contribution in [-0.4, -0.2) is 44.4 Å². The Morgan fingerprint density at radius 2 is 2.06 bits per heavy atom. The van der Waals surface area contributed by atoms with Crippen LogP contribution in [0.2, 0.25) is 0 Å². The number of rotatable bonds is 4. The first-order valence-electron chi connectivity index (χ1n) is 11.3. The van der Waals surface area contributed by atoms with E-state index in [2.05, 4.69) is 20.6 Å². The van der Waals surface area contributed by atoms with E-state index in [9.17, 15) is 10.1 Å². The number of aromatic nitrogens is 4. The Balaban J connectivity index is 1.68. The molecule has 0 spiro atoms. The number of likely N-dealkylation sites (N-methyl/N-ethyl adjacent to an activating group) is 1. The first kappa shape index (κ1) is 21.0. The van der Waals surface area contributed by atoms with Crippen molar-refractivity contribution in [3.05, 3.63) is 53.9 Å². The maximum atomic E-state index is 12.3. The summed E-state index contributed by atoms with van der Waals surface area (Å²) in [5.41, 5.74) is 4.73. The van der Waals surface area contributed by atoms with Crippen molar-refractivity contribution >= 4 is 34.1 Å². The minimum atomic E-state index is -0.307. The maximum Gasteiger partial charge on any atom is 0.264 e. The molecule has 1 aromatic carbocycles. The maximum absolute atomic E-state index is 12.3. The molecule has 0 bridgehead atoms. The summed E-state index contributed by atoms with van der Waals surface area (Å²) in [5, 5.41) is 10.6. The Morgan fingerprint density at radius 3 is 2.82 bits per heavy atom. The van der Waals surface area contributed by atoms with Crippen LogP contribution in [0.3, 0.4) is 0 Å². The number of nitriles is 1. The monoisotopic (exact) mass is 438 g/mol. The Kier molecular flexibility index (Phi) is 5.43. The molecule has 1 fully saturated rings. The van der Waals surface area contributed by atoms with Gasteiger partial charge in [0.05, 0.1) is 11.7 Å². The molecular formula is C26H26N6O. The van der Waals surface area contributed by atoms with Gasteiger partial charge in [-0.25, -0.2) is 9.97 Å². The van der Waals surface area contributed by atoms with E-state index in [1.54, 1.807) is 20.2 Å². The largest absolute Gasteiger partial charge is 0.346 e. The molecule has 1 amide bonds. The number of carbonyl (C=O) groups is 1. The van der Waals surface area contributed by atoms with E-state index >= 15 is 0 Å². The van der Waals surface area contributed by atoms with Gasteiger partial charge in [0.2, 0.25) is 0 Å². The molecule has 0 aliphatic heterocycles. The highest BCUT2D eigenvalue weighted by molar-refractivity contribution is 6.03. The molecular weight excluding hydrogens is 412 g/mol. The van der Waals surface area contributed by atoms with Gasteiger partial charge < -0.3 is 14.5 Å². The van der Waals surface area contributed by atoms with E-state index in [1.807, 2.05) is 42.7 Å². The summed E-state index contributed by atoms with van der Waals surface area (Å²) in [5.74, 6) is 0.596. The minimum Gasteiger partial charge on any atom is -0.346 e. The number of pyridine rings is 1. The van der Waals surface area contributed by atoms with Crippen LogP contribution in [0.25, 0.3) is 39.5 Å². The fraction of sp³-hybridized carbons (Fsp3) is 0.308. The molecule has 7 nitrogen and oxygen atoms in total. The van der Waals surface area contributed by atoms with Crippen molar-refractivity contribution in [1.29, 1.82) is 5.26 Å².